The molecular weight excluding hydrogens is 463 g/mol. The summed E-state index contributed by atoms with van der Waals surface area (Å²) in [5, 5.41) is 2.72. The number of barbiturate groups is 1. The van der Waals surface area contributed by atoms with E-state index in [1.54, 1.807) is 12.1 Å². The molecule has 1 saturated heterocycles. The lowest BCUT2D eigenvalue weighted by Crippen LogP contribution is -2.59. The maximum Gasteiger partial charge on any atom is 0.332 e. The number of carbonyl (C=O) groups is 4. The Kier molecular flexibility index (Phi) is 5.53. The largest absolute Gasteiger partial charge is 0.431 e. The van der Waals surface area contributed by atoms with Crippen LogP contribution in [0.25, 0.3) is 10.2 Å². The van der Waals surface area contributed by atoms with Crippen LogP contribution in [0.15, 0.2) is 36.4 Å². The molecule has 2 aromatic carbocycles. The first kappa shape index (κ1) is 21.7. The monoisotopic (exact) mass is 476 g/mol. The minimum atomic E-state index is -1.66. The Morgan fingerprint density at radius 1 is 1.12 bits per heavy atom. The highest BCUT2D eigenvalue weighted by atomic mass is 35.5. The molecule has 2 heterocycles. The number of amides is 5. The number of carbonyl (C=O) groups excluding carboxylic acids is 4. The van der Waals surface area contributed by atoms with Crippen LogP contribution in [0.3, 0.4) is 0 Å². The molecule has 164 valence electrons. The van der Waals surface area contributed by atoms with Crippen LogP contribution in [0.5, 0.6) is 10.9 Å². The average molecular weight is 477 g/mol. The van der Waals surface area contributed by atoms with Gasteiger partial charge in [0, 0.05) is 19.8 Å². The third kappa shape index (κ3) is 3.87. The van der Waals surface area contributed by atoms with Crippen LogP contribution in [-0.4, -0.2) is 52.6 Å². The number of anilines is 1. The van der Waals surface area contributed by atoms with Crippen LogP contribution in [0.1, 0.15) is 0 Å². The lowest BCUT2D eigenvalue weighted by Gasteiger charge is -2.32. The van der Waals surface area contributed by atoms with Gasteiger partial charge in [0.15, 0.2) is 5.92 Å². The van der Waals surface area contributed by atoms with Gasteiger partial charge in [-0.25, -0.2) is 14.2 Å². The molecule has 5 amide bonds. The zero-order chi connectivity index (χ0) is 23.2. The molecule has 1 N–H and O–H groups in total. The number of imide groups is 2. The van der Waals surface area contributed by atoms with E-state index in [0.717, 1.165) is 21.1 Å². The van der Waals surface area contributed by atoms with Crippen molar-refractivity contribution in [2.75, 3.05) is 19.4 Å². The summed E-state index contributed by atoms with van der Waals surface area (Å²) in [5.74, 6) is -4.47. The van der Waals surface area contributed by atoms with E-state index in [1.807, 2.05) is 0 Å². The van der Waals surface area contributed by atoms with E-state index in [9.17, 15) is 23.6 Å². The zero-order valence-electron chi connectivity index (χ0n) is 16.6. The first-order valence-electron chi connectivity index (χ1n) is 9.09. The normalized spacial score (nSPS) is 14.9. The van der Waals surface area contributed by atoms with Crippen LogP contribution in [0, 0.1) is 11.7 Å². The molecule has 0 spiro atoms. The second kappa shape index (κ2) is 8.17. The predicted octanol–water partition coefficient (Wildman–Crippen LogP) is 3.49. The van der Waals surface area contributed by atoms with Crippen LogP contribution in [0.2, 0.25) is 5.02 Å². The first-order valence-corrected chi connectivity index (χ1v) is 10.3. The van der Waals surface area contributed by atoms with Crippen molar-refractivity contribution >= 4 is 62.6 Å². The Balaban J connectivity index is 1.46. The Morgan fingerprint density at radius 3 is 2.38 bits per heavy atom. The van der Waals surface area contributed by atoms with E-state index in [4.69, 9.17) is 16.3 Å². The highest BCUT2D eigenvalue weighted by Gasteiger charge is 2.46. The fourth-order valence-corrected chi connectivity index (χ4v) is 4.00. The smallest absolute Gasteiger partial charge is 0.332 e. The van der Waals surface area contributed by atoms with Gasteiger partial charge in [0.1, 0.15) is 11.6 Å². The molecule has 1 aliphatic rings. The number of rotatable bonds is 4. The van der Waals surface area contributed by atoms with Gasteiger partial charge in [0.05, 0.1) is 15.2 Å². The predicted molar refractivity (Wildman–Crippen MR) is 114 cm³/mol. The van der Waals surface area contributed by atoms with Gasteiger partial charge in [-0.2, -0.15) is 0 Å². The van der Waals surface area contributed by atoms with Crippen molar-refractivity contribution in [2.24, 2.45) is 5.92 Å². The molecule has 4 rings (SSSR count). The summed E-state index contributed by atoms with van der Waals surface area (Å²) in [4.78, 5) is 54.5. The fourth-order valence-electron chi connectivity index (χ4n) is 3.00. The SMILES string of the molecule is CN1C(=O)C(C(=O)Nc2ccc(Oc3nc4cc(Cl)c(F)cc4s3)cc2)C(=O)N(C)C1=O. The fraction of sp³-hybridized carbons (Fsp3) is 0.150. The Hall–Kier alpha value is -3.57. The summed E-state index contributed by atoms with van der Waals surface area (Å²) >= 11 is 6.90. The standard InChI is InChI=1S/C20H14ClFN4O5S/c1-25-17(28)15(18(29)26(2)20(25)30)16(27)23-9-3-5-10(6-4-9)31-19-24-13-7-11(21)12(22)8-14(13)32-19/h3-8,15H,1-2H3,(H,23,27). The number of urea groups is 1. The molecule has 0 saturated carbocycles. The topological polar surface area (TPSA) is 109 Å². The number of nitrogens with one attached hydrogen (secondary N) is 1. The number of benzene rings is 2. The molecule has 9 nitrogen and oxygen atoms in total. The maximum absolute atomic E-state index is 13.6. The molecule has 3 aromatic rings. The summed E-state index contributed by atoms with van der Waals surface area (Å²) in [6.07, 6.45) is 0. The quantitative estimate of drug-likeness (QED) is 0.577. The molecule has 0 unspecified atom stereocenters. The number of hydrogen-bond donors (Lipinski definition) is 1. The molecule has 1 fully saturated rings. The third-order valence-electron chi connectivity index (χ3n) is 4.73. The summed E-state index contributed by atoms with van der Waals surface area (Å²) in [7, 11) is 2.40. The van der Waals surface area contributed by atoms with E-state index in [1.165, 1.54) is 38.4 Å². The van der Waals surface area contributed by atoms with E-state index in [2.05, 4.69) is 10.3 Å². The van der Waals surface area contributed by atoms with Crippen LogP contribution in [0.4, 0.5) is 14.9 Å². The lowest BCUT2D eigenvalue weighted by atomic mass is 10.0. The zero-order valence-corrected chi connectivity index (χ0v) is 18.2. The van der Waals surface area contributed by atoms with Gasteiger partial charge in [-0.1, -0.05) is 22.9 Å². The highest BCUT2D eigenvalue weighted by molar-refractivity contribution is 7.20. The Bertz CT molecular complexity index is 1220. The van der Waals surface area contributed by atoms with Gasteiger partial charge in [-0.3, -0.25) is 24.2 Å². The van der Waals surface area contributed by atoms with Gasteiger partial charge < -0.3 is 10.1 Å². The van der Waals surface area contributed by atoms with Crippen LogP contribution >= 0.6 is 22.9 Å². The van der Waals surface area contributed by atoms with Crippen molar-refractivity contribution in [1.29, 1.82) is 0 Å². The van der Waals surface area contributed by atoms with Crippen LogP contribution < -0.4 is 10.1 Å². The van der Waals surface area contributed by atoms with Gasteiger partial charge in [-0.05, 0) is 36.4 Å². The first-order chi connectivity index (χ1) is 15.2. The van der Waals surface area contributed by atoms with E-state index in [0.29, 0.717) is 21.7 Å². The van der Waals surface area contributed by atoms with E-state index >= 15 is 0 Å². The van der Waals surface area contributed by atoms with Crippen molar-refractivity contribution in [1.82, 2.24) is 14.8 Å². The Morgan fingerprint density at radius 2 is 1.75 bits per heavy atom. The van der Waals surface area contributed by atoms with Gasteiger partial charge in [0.2, 0.25) is 5.91 Å². The molecule has 1 aliphatic heterocycles. The lowest BCUT2D eigenvalue weighted by molar-refractivity contribution is -0.151. The van der Waals surface area contributed by atoms with Crippen LogP contribution in [-0.2, 0) is 14.4 Å². The minimum absolute atomic E-state index is 0.0360. The minimum Gasteiger partial charge on any atom is -0.431 e. The molecule has 0 radical (unpaired) electrons. The van der Waals surface area contributed by atoms with E-state index < -0.39 is 35.5 Å². The molecule has 1 aromatic heterocycles. The van der Waals surface area contributed by atoms with Crippen molar-refractivity contribution in [3.63, 3.8) is 0 Å². The number of fused-ring (bicyclic) bond motifs is 1. The summed E-state index contributed by atoms with van der Waals surface area (Å²) < 4.78 is 19.8. The summed E-state index contributed by atoms with van der Waals surface area (Å²) in [6.45, 7) is 0. The number of halogens is 2. The third-order valence-corrected chi connectivity index (χ3v) is 5.91. The molecular formula is C20H14ClFN4O5S. The number of nitrogens with zero attached hydrogens (tertiary/aromatic N) is 3. The molecule has 32 heavy (non-hydrogen) atoms. The molecule has 0 atom stereocenters. The average Bonchev–Trinajstić information content (AvgIpc) is 3.13. The number of hydrogen-bond acceptors (Lipinski definition) is 7. The summed E-state index contributed by atoms with van der Waals surface area (Å²) in [6, 6.07) is 7.98. The molecule has 12 heteroatoms. The second-order valence-electron chi connectivity index (χ2n) is 6.84. The van der Waals surface area contributed by atoms with E-state index in [-0.39, 0.29) is 10.2 Å². The highest BCUT2D eigenvalue weighted by Crippen LogP contribution is 2.34. The number of ether oxygens (including phenoxy) is 1. The van der Waals surface area contributed by atoms with Crippen molar-refractivity contribution in [3.8, 4) is 10.9 Å². The van der Waals surface area contributed by atoms with Gasteiger partial charge >= 0.3 is 6.03 Å². The summed E-state index contributed by atoms with van der Waals surface area (Å²) in [5.41, 5.74) is 0.804. The van der Waals surface area contributed by atoms with Crippen molar-refractivity contribution < 1.29 is 28.3 Å². The molecule has 0 aliphatic carbocycles. The van der Waals surface area contributed by atoms with Crippen molar-refractivity contribution in [3.05, 3.63) is 47.2 Å². The van der Waals surface area contributed by atoms with Gasteiger partial charge in [-0.15, -0.1) is 0 Å². The Labute approximate surface area is 189 Å². The van der Waals surface area contributed by atoms with Crippen molar-refractivity contribution in [2.45, 2.75) is 0 Å². The molecule has 0 bridgehead atoms. The second-order valence-corrected chi connectivity index (χ2v) is 8.24. The van der Waals surface area contributed by atoms with Gasteiger partial charge in [0.25, 0.3) is 17.0 Å². The number of thiazole rings is 1. The number of aromatic nitrogens is 1. The maximum atomic E-state index is 13.6.